The Morgan fingerprint density at radius 1 is 0.920 bits per heavy atom. The van der Waals surface area contributed by atoms with Gasteiger partial charge in [0.05, 0.1) is 10.9 Å². The van der Waals surface area contributed by atoms with Gasteiger partial charge in [0.1, 0.15) is 24.3 Å². The highest BCUT2D eigenvalue weighted by atomic mass is 19.1. The van der Waals surface area contributed by atoms with Gasteiger partial charge in [-0.05, 0) is 50.1 Å². The monoisotopic (exact) mass is 338 g/mol. The van der Waals surface area contributed by atoms with Gasteiger partial charge in [0.2, 0.25) is 5.69 Å². The number of aryl methyl sites for hydroxylation is 4. The predicted molar refractivity (Wildman–Crippen MR) is 94.5 cm³/mol. The van der Waals surface area contributed by atoms with Crippen molar-refractivity contribution in [1.82, 2.24) is 0 Å². The molecule has 0 amide bonds. The Balaban J connectivity index is 2.20. The SMILES string of the molecule is Cc1ccc(-c2c(C)cc(F)c3c2oc2cc(F)cc(C)c23)[n+](C)c1. The molecule has 0 fully saturated rings. The van der Waals surface area contributed by atoms with Crippen LogP contribution in [0.2, 0.25) is 0 Å². The molecule has 0 aliphatic rings. The highest BCUT2D eigenvalue weighted by Gasteiger charge is 2.24. The number of hydrogen-bond donors (Lipinski definition) is 0. The van der Waals surface area contributed by atoms with E-state index in [1.165, 1.54) is 18.2 Å². The van der Waals surface area contributed by atoms with Gasteiger partial charge in [-0.25, -0.2) is 13.3 Å². The summed E-state index contributed by atoms with van der Waals surface area (Å²) in [5.74, 6) is -0.733. The van der Waals surface area contributed by atoms with Gasteiger partial charge in [0.15, 0.2) is 11.8 Å². The van der Waals surface area contributed by atoms with Crippen molar-refractivity contribution in [3.05, 3.63) is 64.9 Å². The summed E-state index contributed by atoms with van der Waals surface area (Å²) in [5, 5.41) is 1.04. The summed E-state index contributed by atoms with van der Waals surface area (Å²) in [6, 6.07) is 8.25. The molecule has 0 saturated carbocycles. The van der Waals surface area contributed by atoms with Gasteiger partial charge in [-0.15, -0.1) is 0 Å². The highest BCUT2D eigenvalue weighted by molar-refractivity contribution is 6.11. The highest BCUT2D eigenvalue weighted by Crippen LogP contribution is 2.40. The molecule has 0 atom stereocenters. The van der Waals surface area contributed by atoms with Gasteiger partial charge in [-0.3, -0.25) is 0 Å². The van der Waals surface area contributed by atoms with E-state index in [0.717, 1.165) is 22.4 Å². The number of hydrogen-bond acceptors (Lipinski definition) is 1. The zero-order chi connectivity index (χ0) is 17.9. The molecule has 0 saturated heterocycles. The van der Waals surface area contributed by atoms with E-state index in [2.05, 4.69) is 0 Å². The quantitative estimate of drug-likeness (QED) is 0.432. The molecule has 4 rings (SSSR count). The molecule has 4 heteroatoms. The maximum atomic E-state index is 14.8. The summed E-state index contributed by atoms with van der Waals surface area (Å²) in [6.07, 6.45) is 2.01. The summed E-state index contributed by atoms with van der Waals surface area (Å²) < 4.78 is 36.5. The fraction of sp³-hybridized carbons (Fsp3) is 0.190. The lowest BCUT2D eigenvalue weighted by molar-refractivity contribution is -0.660. The largest absolute Gasteiger partial charge is 0.455 e. The fourth-order valence-corrected chi connectivity index (χ4v) is 3.63. The van der Waals surface area contributed by atoms with Crippen molar-refractivity contribution in [3.63, 3.8) is 0 Å². The van der Waals surface area contributed by atoms with Crippen molar-refractivity contribution in [3.8, 4) is 11.3 Å². The number of furan rings is 1. The van der Waals surface area contributed by atoms with Crippen LogP contribution in [0.1, 0.15) is 16.7 Å². The summed E-state index contributed by atoms with van der Waals surface area (Å²) >= 11 is 0. The molecular formula is C21H18F2NO+. The first-order valence-electron chi connectivity index (χ1n) is 8.15. The second kappa shape index (κ2) is 5.38. The number of aromatic nitrogens is 1. The van der Waals surface area contributed by atoms with Crippen LogP contribution in [-0.2, 0) is 7.05 Å². The average molecular weight is 338 g/mol. The Hall–Kier alpha value is -2.75. The molecule has 2 aromatic carbocycles. The minimum atomic E-state index is -0.386. The standard InChI is InChI=1S/C21H18F2NO/c1-11-5-6-16(24(4)10-11)18-13(3)8-15(23)20-19-12(2)7-14(22)9-17(19)25-21(18)20/h5-10H,1-4H3/q+1. The number of halogens is 2. The number of nitrogens with zero attached hydrogens (tertiary/aromatic N) is 1. The van der Waals surface area contributed by atoms with Crippen LogP contribution in [0.25, 0.3) is 33.2 Å². The van der Waals surface area contributed by atoms with Crippen LogP contribution >= 0.6 is 0 Å². The van der Waals surface area contributed by atoms with Crippen molar-refractivity contribution in [1.29, 1.82) is 0 Å². The third kappa shape index (κ3) is 2.32. The second-order valence-corrected chi connectivity index (χ2v) is 6.65. The number of fused-ring (bicyclic) bond motifs is 3. The molecule has 25 heavy (non-hydrogen) atoms. The molecule has 0 aliphatic carbocycles. The first-order chi connectivity index (χ1) is 11.9. The lowest BCUT2D eigenvalue weighted by Gasteiger charge is -2.07. The molecule has 0 aliphatic heterocycles. The molecule has 0 spiro atoms. The lowest BCUT2D eigenvalue weighted by Crippen LogP contribution is -2.31. The van der Waals surface area contributed by atoms with E-state index in [1.54, 1.807) is 6.92 Å². The molecule has 2 heterocycles. The van der Waals surface area contributed by atoms with Crippen molar-refractivity contribution >= 4 is 21.9 Å². The molecule has 0 bridgehead atoms. The molecule has 2 nitrogen and oxygen atoms in total. The Morgan fingerprint density at radius 2 is 1.68 bits per heavy atom. The van der Waals surface area contributed by atoms with Crippen LogP contribution in [0.5, 0.6) is 0 Å². The van der Waals surface area contributed by atoms with E-state index in [4.69, 9.17) is 4.42 Å². The molecule has 0 unspecified atom stereocenters. The molecule has 126 valence electrons. The first-order valence-corrected chi connectivity index (χ1v) is 8.15. The Kier molecular flexibility index (Phi) is 3.39. The van der Waals surface area contributed by atoms with Crippen LogP contribution < -0.4 is 4.57 Å². The Labute approximate surface area is 144 Å². The summed E-state index contributed by atoms with van der Waals surface area (Å²) in [5.41, 5.74) is 5.15. The van der Waals surface area contributed by atoms with Gasteiger partial charge in [0.25, 0.3) is 0 Å². The van der Waals surface area contributed by atoms with Crippen LogP contribution in [0.3, 0.4) is 0 Å². The van der Waals surface area contributed by atoms with Crippen molar-refractivity contribution in [2.24, 2.45) is 7.05 Å². The van der Waals surface area contributed by atoms with Crippen LogP contribution in [-0.4, -0.2) is 0 Å². The normalized spacial score (nSPS) is 11.6. The summed E-state index contributed by atoms with van der Waals surface area (Å²) in [6.45, 7) is 5.65. The van der Waals surface area contributed by atoms with E-state index in [-0.39, 0.29) is 11.6 Å². The smallest absolute Gasteiger partial charge is 0.216 e. The van der Waals surface area contributed by atoms with Gasteiger partial charge in [-0.2, -0.15) is 0 Å². The van der Waals surface area contributed by atoms with E-state index in [9.17, 15) is 8.78 Å². The van der Waals surface area contributed by atoms with Crippen LogP contribution in [0.15, 0.2) is 40.9 Å². The van der Waals surface area contributed by atoms with Gasteiger partial charge in [-0.1, -0.05) is 0 Å². The van der Waals surface area contributed by atoms with Crippen LogP contribution in [0, 0.1) is 32.4 Å². The molecular weight excluding hydrogens is 320 g/mol. The lowest BCUT2D eigenvalue weighted by atomic mass is 9.98. The van der Waals surface area contributed by atoms with Crippen LogP contribution in [0.4, 0.5) is 8.78 Å². The van der Waals surface area contributed by atoms with Crippen molar-refractivity contribution in [2.45, 2.75) is 20.8 Å². The zero-order valence-corrected chi connectivity index (χ0v) is 14.6. The topological polar surface area (TPSA) is 17.0 Å². The Morgan fingerprint density at radius 3 is 2.40 bits per heavy atom. The van der Waals surface area contributed by atoms with E-state index < -0.39 is 0 Å². The minimum Gasteiger partial charge on any atom is -0.455 e. The predicted octanol–water partition coefficient (Wildman–Crippen LogP) is 5.28. The van der Waals surface area contributed by atoms with E-state index >= 15 is 0 Å². The van der Waals surface area contributed by atoms with Crippen molar-refractivity contribution < 1.29 is 17.8 Å². The van der Waals surface area contributed by atoms with E-state index in [0.29, 0.717) is 27.5 Å². The molecule has 4 aromatic rings. The van der Waals surface area contributed by atoms with Crippen molar-refractivity contribution in [2.75, 3.05) is 0 Å². The number of pyridine rings is 1. The average Bonchev–Trinajstić information content (AvgIpc) is 2.88. The maximum absolute atomic E-state index is 14.8. The Bertz CT molecular complexity index is 1160. The zero-order valence-electron chi connectivity index (χ0n) is 14.6. The molecule has 0 N–H and O–H groups in total. The fourth-order valence-electron chi connectivity index (χ4n) is 3.63. The molecule has 2 aromatic heterocycles. The molecule has 0 radical (unpaired) electrons. The number of rotatable bonds is 1. The van der Waals surface area contributed by atoms with E-state index in [1.807, 2.05) is 43.8 Å². The van der Waals surface area contributed by atoms with Gasteiger partial charge < -0.3 is 4.42 Å². The third-order valence-electron chi connectivity index (χ3n) is 4.69. The third-order valence-corrected chi connectivity index (χ3v) is 4.69. The first kappa shape index (κ1) is 15.8. The summed E-state index contributed by atoms with van der Waals surface area (Å²) in [7, 11) is 1.95. The number of benzene rings is 2. The second-order valence-electron chi connectivity index (χ2n) is 6.65. The van der Waals surface area contributed by atoms with Gasteiger partial charge >= 0.3 is 0 Å². The summed E-state index contributed by atoms with van der Waals surface area (Å²) in [4.78, 5) is 0. The van der Waals surface area contributed by atoms with Gasteiger partial charge in [0, 0.05) is 23.1 Å². The maximum Gasteiger partial charge on any atom is 0.216 e. The minimum absolute atomic E-state index is 0.348.